The Morgan fingerprint density at radius 2 is 2.07 bits per heavy atom. The maximum Gasteiger partial charge on any atom is 0.265 e. The van der Waals surface area contributed by atoms with Gasteiger partial charge in [-0.3, -0.25) is 4.79 Å². The standard InChI is InChI=1S/C23H28N4OS/c1-6-12-26-21-24-19-17-11-9-8-10-16(17)13-23(5,7-2)18(19)20(28)27(21)22(25-26)29-14-15(3)4/h8-11H,3,6-7,12-14H2,1-2,4-5H3. The van der Waals surface area contributed by atoms with E-state index in [0.717, 1.165) is 54.0 Å². The van der Waals surface area contributed by atoms with Crippen molar-refractivity contribution in [3.05, 3.63) is 57.9 Å². The number of aryl methyl sites for hydroxylation is 1. The van der Waals surface area contributed by atoms with E-state index in [4.69, 9.17) is 10.1 Å². The topological polar surface area (TPSA) is 52.2 Å². The summed E-state index contributed by atoms with van der Waals surface area (Å²) in [4.78, 5) is 18.9. The van der Waals surface area contributed by atoms with Gasteiger partial charge in [-0.1, -0.05) is 69.0 Å². The van der Waals surface area contributed by atoms with Crippen LogP contribution < -0.4 is 5.56 Å². The van der Waals surface area contributed by atoms with E-state index in [1.807, 2.05) is 17.7 Å². The van der Waals surface area contributed by atoms with E-state index in [-0.39, 0.29) is 11.0 Å². The average Bonchev–Trinajstić information content (AvgIpc) is 3.04. The fraction of sp³-hybridized carbons (Fsp3) is 0.435. The van der Waals surface area contributed by atoms with E-state index < -0.39 is 0 Å². The molecule has 5 nitrogen and oxygen atoms in total. The Labute approximate surface area is 175 Å². The Morgan fingerprint density at radius 3 is 2.76 bits per heavy atom. The van der Waals surface area contributed by atoms with E-state index in [9.17, 15) is 4.79 Å². The van der Waals surface area contributed by atoms with Gasteiger partial charge in [0.05, 0.1) is 11.3 Å². The normalized spacial score (nSPS) is 17.9. The van der Waals surface area contributed by atoms with Crippen molar-refractivity contribution >= 4 is 17.5 Å². The number of nitrogens with zero attached hydrogens (tertiary/aromatic N) is 4. The second kappa shape index (κ2) is 7.48. The molecule has 0 N–H and O–H groups in total. The molecule has 1 unspecified atom stereocenters. The first-order valence-corrected chi connectivity index (χ1v) is 11.3. The molecule has 152 valence electrons. The average molecular weight is 409 g/mol. The van der Waals surface area contributed by atoms with Crippen LogP contribution in [0.3, 0.4) is 0 Å². The molecule has 2 heterocycles. The highest BCUT2D eigenvalue weighted by Crippen LogP contribution is 2.42. The van der Waals surface area contributed by atoms with Crippen molar-refractivity contribution in [1.29, 1.82) is 0 Å². The zero-order valence-corrected chi connectivity index (χ0v) is 18.5. The number of hydrogen-bond donors (Lipinski definition) is 0. The molecule has 1 aliphatic rings. The van der Waals surface area contributed by atoms with Crippen LogP contribution in [0.1, 0.15) is 51.7 Å². The van der Waals surface area contributed by atoms with Crippen molar-refractivity contribution < 1.29 is 0 Å². The summed E-state index contributed by atoms with van der Waals surface area (Å²) >= 11 is 1.55. The predicted molar refractivity (Wildman–Crippen MR) is 120 cm³/mol. The van der Waals surface area contributed by atoms with Gasteiger partial charge in [-0.25, -0.2) is 14.1 Å². The van der Waals surface area contributed by atoms with Gasteiger partial charge in [0, 0.05) is 23.3 Å². The van der Waals surface area contributed by atoms with Gasteiger partial charge in [-0.05, 0) is 31.7 Å². The number of rotatable bonds is 6. The highest BCUT2D eigenvalue weighted by molar-refractivity contribution is 7.99. The zero-order valence-electron chi connectivity index (χ0n) is 17.7. The largest absolute Gasteiger partial charge is 0.268 e. The van der Waals surface area contributed by atoms with Gasteiger partial charge in [0.1, 0.15) is 0 Å². The van der Waals surface area contributed by atoms with Crippen molar-refractivity contribution in [1.82, 2.24) is 19.2 Å². The maximum atomic E-state index is 13.9. The van der Waals surface area contributed by atoms with Gasteiger partial charge < -0.3 is 0 Å². The number of hydrogen-bond acceptors (Lipinski definition) is 4. The molecule has 0 saturated heterocycles. The first-order chi connectivity index (χ1) is 13.9. The molecule has 0 amide bonds. The summed E-state index contributed by atoms with van der Waals surface area (Å²) in [5, 5.41) is 5.45. The Hall–Kier alpha value is -2.34. The predicted octanol–water partition coefficient (Wildman–Crippen LogP) is 4.86. The lowest BCUT2D eigenvalue weighted by molar-refractivity contribution is 0.439. The quantitative estimate of drug-likeness (QED) is 0.432. The third-order valence-corrected chi connectivity index (χ3v) is 6.97. The summed E-state index contributed by atoms with van der Waals surface area (Å²) in [6.45, 7) is 13.2. The van der Waals surface area contributed by atoms with Crippen LogP contribution in [0.5, 0.6) is 0 Å². The fourth-order valence-corrected chi connectivity index (χ4v) is 4.97. The molecule has 0 fully saturated rings. The molecular weight excluding hydrogens is 380 g/mol. The third-order valence-electron chi connectivity index (χ3n) is 5.81. The Balaban J connectivity index is 2.06. The van der Waals surface area contributed by atoms with Crippen LogP contribution in [0.4, 0.5) is 0 Å². The molecule has 0 bridgehead atoms. The van der Waals surface area contributed by atoms with Crippen molar-refractivity contribution in [2.24, 2.45) is 0 Å². The summed E-state index contributed by atoms with van der Waals surface area (Å²) < 4.78 is 3.60. The van der Waals surface area contributed by atoms with Gasteiger partial charge in [0.2, 0.25) is 5.78 Å². The maximum absolute atomic E-state index is 13.9. The third kappa shape index (κ3) is 3.23. The summed E-state index contributed by atoms with van der Waals surface area (Å²) in [7, 11) is 0. The number of aromatic nitrogens is 4. The van der Waals surface area contributed by atoms with Crippen molar-refractivity contribution in [3.63, 3.8) is 0 Å². The van der Waals surface area contributed by atoms with Crippen molar-refractivity contribution in [3.8, 4) is 11.3 Å². The number of benzene rings is 1. The van der Waals surface area contributed by atoms with Crippen LogP contribution in [0.2, 0.25) is 0 Å². The highest BCUT2D eigenvalue weighted by atomic mass is 32.2. The van der Waals surface area contributed by atoms with Crippen molar-refractivity contribution in [2.75, 3.05) is 5.75 Å². The SMILES string of the molecule is C=C(C)CSc1nn(CCC)c2nc3c(c(=O)n12)C(C)(CC)Cc1ccccc1-3. The smallest absolute Gasteiger partial charge is 0.265 e. The Kier molecular flexibility index (Phi) is 5.15. The molecule has 6 heteroatoms. The second-order valence-corrected chi connectivity index (χ2v) is 9.22. The van der Waals surface area contributed by atoms with Crippen LogP contribution in [0.25, 0.3) is 17.0 Å². The summed E-state index contributed by atoms with van der Waals surface area (Å²) in [6.07, 6.45) is 2.67. The van der Waals surface area contributed by atoms with Crippen LogP contribution in [-0.4, -0.2) is 24.9 Å². The van der Waals surface area contributed by atoms with Crippen LogP contribution in [0.15, 0.2) is 46.4 Å². The molecule has 0 saturated carbocycles. The fourth-order valence-electron chi connectivity index (χ4n) is 4.15. The first-order valence-electron chi connectivity index (χ1n) is 10.3. The molecular formula is C23H28N4OS. The van der Waals surface area contributed by atoms with Gasteiger partial charge in [0.25, 0.3) is 5.56 Å². The van der Waals surface area contributed by atoms with E-state index in [1.54, 1.807) is 16.2 Å². The molecule has 2 aromatic heterocycles. The second-order valence-electron chi connectivity index (χ2n) is 8.28. The molecule has 29 heavy (non-hydrogen) atoms. The summed E-state index contributed by atoms with van der Waals surface area (Å²) in [5.41, 5.74) is 4.83. The zero-order chi connectivity index (χ0) is 20.8. The molecule has 4 rings (SSSR count). The molecule has 1 aromatic carbocycles. The Bertz CT molecular complexity index is 1160. The number of fused-ring (bicyclic) bond motifs is 4. The molecule has 3 aromatic rings. The minimum atomic E-state index is -0.238. The van der Waals surface area contributed by atoms with Gasteiger partial charge in [0.15, 0.2) is 5.16 Å². The first kappa shape index (κ1) is 20.0. The molecule has 1 atom stereocenters. The monoisotopic (exact) mass is 408 g/mol. The van der Waals surface area contributed by atoms with Crippen LogP contribution in [0, 0.1) is 0 Å². The summed E-state index contributed by atoms with van der Waals surface area (Å²) in [5.74, 6) is 1.37. The van der Waals surface area contributed by atoms with Gasteiger partial charge >= 0.3 is 0 Å². The Morgan fingerprint density at radius 1 is 1.31 bits per heavy atom. The lowest BCUT2D eigenvalue weighted by Gasteiger charge is -2.35. The van der Waals surface area contributed by atoms with E-state index >= 15 is 0 Å². The van der Waals surface area contributed by atoms with Crippen molar-refractivity contribution in [2.45, 2.75) is 64.1 Å². The van der Waals surface area contributed by atoms with E-state index in [0.29, 0.717) is 10.9 Å². The van der Waals surface area contributed by atoms with Crippen LogP contribution >= 0.6 is 11.8 Å². The lowest BCUT2D eigenvalue weighted by atomic mass is 9.69. The molecule has 0 radical (unpaired) electrons. The lowest BCUT2D eigenvalue weighted by Crippen LogP contribution is -2.37. The van der Waals surface area contributed by atoms with Gasteiger partial charge in [-0.15, -0.1) is 5.10 Å². The van der Waals surface area contributed by atoms with Gasteiger partial charge in [-0.2, -0.15) is 0 Å². The van der Waals surface area contributed by atoms with E-state index in [2.05, 4.69) is 45.5 Å². The minimum absolute atomic E-state index is 0.0235. The minimum Gasteiger partial charge on any atom is -0.268 e. The highest BCUT2D eigenvalue weighted by Gasteiger charge is 2.38. The molecule has 0 aliphatic heterocycles. The summed E-state index contributed by atoms with van der Waals surface area (Å²) in [6, 6.07) is 8.34. The van der Waals surface area contributed by atoms with E-state index in [1.165, 1.54) is 5.56 Å². The van der Waals surface area contributed by atoms with Crippen LogP contribution in [-0.2, 0) is 18.4 Å². The molecule has 0 spiro atoms. The number of thioether (sulfide) groups is 1. The molecule has 1 aliphatic carbocycles.